The maximum absolute atomic E-state index is 12.5. The van der Waals surface area contributed by atoms with E-state index in [9.17, 15) is 14.7 Å². The number of fused-ring (bicyclic) bond motifs is 1. The van der Waals surface area contributed by atoms with Gasteiger partial charge in [0, 0.05) is 28.0 Å². The van der Waals surface area contributed by atoms with Crippen LogP contribution in [0.15, 0.2) is 54.7 Å². The van der Waals surface area contributed by atoms with Crippen LogP contribution in [0.4, 0.5) is 0 Å². The van der Waals surface area contributed by atoms with Crippen LogP contribution >= 0.6 is 23.2 Å². The first-order chi connectivity index (χ1) is 12.5. The first-order valence-electron chi connectivity index (χ1n) is 7.77. The molecule has 0 aliphatic carbocycles. The number of benzene rings is 2. The van der Waals surface area contributed by atoms with Crippen LogP contribution < -0.4 is 5.32 Å². The third-order valence-electron chi connectivity index (χ3n) is 3.93. The fourth-order valence-corrected chi connectivity index (χ4v) is 3.12. The summed E-state index contributed by atoms with van der Waals surface area (Å²) in [5.74, 6) is -1.71. The molecule has 0 saturated carbocycles. The van der Waals surface area contributed by atoms with E-state index in [0.717, 1.165) is 10.9 Å². The summed E-state index contributed by atoms with van der Waals surface area (Å²) in [7, 11) is 0. The van der Waals surface area contributed by atoms with Crippen molar-refractivity contribution in [3.05, 3.63) is 75.9 Å². The van der Waals surface area contributed by atoms with E-state index in [-0.39, 0.29) is 12.0 Å². The number of aliphatic carboxylic acids is 1. The fourth-order valence-electron chi connectivity index (χ4n) is 2.57. The maximum atomic E-state index is 12.5. The number of para-hydroxylation sites is 1. The number of carboxylic acid groups (broad SMARTS) is 1. The number of amides is 1. The number of aromatic nitrogens is 1. The first kappa shape index (κ1) is 18.2. The Kier molecular flexibility index (Phi) is 5.40. The van der Waals surface area contributed by atoms with Gasteiger partial charge in [0.15, 0.2) is 0 Å². The predicted octanol–water partition coefficient (Wildman–Crippen LogP) is 3.97. The van der Waals surface area contributed by atoms with Crippen molar-refractivity contribution in [2.75, 3.05) is 0 Å². The van der Waals surface area contributed by atoms with Crippen LogP contribution in [0.1, 0.15) is 15.9 Å². The van der Waals surface area contributed by atoms with Gasteiger partial charge in [0.05, 0.1) is 11.1 Å². The van der Waals surface area contributed by atoms with E-state index in [1.807, 2.05) is 24.3 Å². The fraction of sp³-hybridized carbons (Fsp3) is 0.105. The molecule has 1 atom stereocenters. The second-order valence-electron chi connectivity index (χ2n) is 5.69. The van der Waals surface area contributed by atoms with Gasteiger partial charge < -0.3 is 10.4 Å². The Bertz CT molecular complexity index is 971. The molecule has 2 aromatic carbocycles. The number of hydrogen-bond acceptors (Lipinski definition) is 3. The molecular formula is C19H14Cl2N2O3. The van der Waals surface area contributed by atoms with Gasteiger partial charge in [-0.1, -0.05) is 47.5 Å². The molecule has 2 N–H and O–H groups in total. The highest BCUT2D eigenvalue weighted by molar-refractivity contribution is 6.36. The average Bonchev–Trinajstić information content (AvgIpc) is 2.63. The highest BCUT2D eigenvalue weighted by Crippen LogP contribution is 2.25. The molecule has 7 heteroatoms. The molecule has 0 aliphatic rings. The Labute approximate surface area is 159 Å². The highest BCUT2D eigenvalue weighted by atomic mass is 35.5. The Morgan fingerprint density at radius 1 is 1.08 bits per heavy atom. The summed E-state index contributed by atoms with van der Waals surface area (Å²) in [6.45, 7) is 0. The Morgan fingerprint density at radius 3 is 2.46 bits per heavy atom. The lowest BCUT2D eigenvalue weighted by Crippen LogP contribution is -2.42. The van der Waals surface area contributed by atoms with Gasteiger partial charge in [-0.25, -0.2) is 4.79 Å². The zero-order valence-corrected chi connectivity index (χ0v) is 15.0. The van der Waals surface area contributed by atoms with Crippen molar-refractivity contribution in [3.8, 4) is 0 Å². The highest BCUT2D eigenvalue weighted by Gasteiger charge is 2.23. The number of rotatable bonds is 5. The molecule has 1 amide bonds. The smallest absolute Gasteiger partial charge is 0.326 e. The van der Waals surface area contributed by atoms with E-state index in [0.29, 0.717) is 15.6 Å². The number of carbonyl (C=O) groups is 2. The summed E-state index contributed by atoms with van der Waals surface area (Å²) in [5.41, 5.74) is 1.50. The van der Waals surface area contributed by atoms with Crippen molar-refractivity contribution in [3.63, 3.8) is 0 Å². The van der Waals surface area contributed by atoms with E-state index >= 15 is 0 Å². The summed E-state index contributed by atoms with van der Waals surface area (Å²) < 4.78 is 0. The van der Waals surface area contributed by atoms with Crippen molar-refractivity contribution in [2.45, 2.75) is 12.5 Å². The molecule has 1 heterocycles. The number of carbonyl (C=O) groups excluding carboxylic acids is 1. The van der Waals surface area contributed by atoms with Crippen LogP contribution in [0.5, 0.6) is 0 Å². The lowest BCUT2D eigenvalue weighted by Gasteiger charge is -2.16. The van der Waals surface area contributed by atoms with E-state index in [1.54, 1.807) is 24.3 Å². The van der Waals surface area contributed by atoms with E-state index in [2.05, 4.69) is 10.3 Å². The topological polar surface area (TPSA) is 79.3 Å². The third-order valence-corrected chi connectivity index (χ3v) is 4.63. The maximum Gasteiger partial charge on any atom is 0.326 e. The molecule has 0 fully saturated rings. The van der Waals surface area contributed by atoms with Crippen LogP contribution in [-0.4, -0.2) is 28.0 Å². The molecule has 0 spiro atoms. The van der Waals surface area contributed by atoms with Crippen molar-refractivity contribution in [1.82, 2.24) is 10.3 Å². The van der Waals surface area contributed by atoms with Crippen LogP contribution in [0.3, 0.4) is 0 Å². The Balaban J connectivity index is 1.83. The minimum Gasteiger partial charge on any atom is -0.480 e. The molecule has 3 aromatic rings. The summed E-state index contributed by atoms with van der Waals surface area (Å²) in [6, 6.07) is 12.8. The van der Waals surface area contributed by atoms with E-state index in [4.69, 9.17) is 23.2 Å². The molecular weight excluding hydrogens is 375 g/mol. The van der Waals surface area contributed by atoms with E-state index < -0.39 is 17.9 Å². The molecule has 26 heavy (non-hydrogen) atoms. The molecule has 0 radical (unpaired) electrons. The monoisotopic (exact) mass is 388 g/mol. The number of hydrogen-bond donors (Lipinski definition) is 2. The van der Waals surface area contributed by atoms with Gasteiger partial charge in [-0.15, -0.1) is 0 Å². The normalized spacial score (nSPS) is 11.9. The van der Waals surface area contributed by atoms with Crippen molar-refractivity contribution in [2.24, 2.45) is 0 Å². The molecule has 0 saturated heterocycles. The number of nitrogens with zero attached hydrogens (tertiary/aromatic N) is 1. The standard InChI is InChI=1S/C19H14Cl2N2O3/c20-14-5-3-6-15(21)13(14)9-17(19(25)26)23-18(24)12-8-11-4-1-2-7-16(11)22-10-12/h1-8,10,17H,9H2,(H,23,24)(H,25,26)/t17-/m1/s1. The second kappa shape index (κ2) is 7.72. The third kappa shape index (κ3) is 3.95. The number of halogens is 2. The van der Waals surface area contributed by atoms with Crippen LogP contribution in [0.2, 0.25) is 10.0 Å². The lowest BCUT2D eigenvalue weighted by atomic mass is 10.0. The van der Waals surface area contributed by atoms with Crippen LogP contribution in [0.25, 0.3) is 10.9 Å². The van der Waals surface area contributed by atoms with Gasteiger partial charge in [-0.05, 0) is 29.8 Å². The molecule has 1 aromatic heterocycles. The van der Waals surface area contributed by atoms with Gasteiger partial charge >= 0.3 is 5.97 Å². The van der Waals surface area contributed by atoms with Gasteiger partial charge in [0.25, 0.3) is 5.91 Å². The average molecular weight is 389 g/mol. The number of nitrogens with one attached hydrogen (secondary N) is 1. The molecule has 3 rings (SSSR count). The molecule has 5 nitrogen and oxygen atoms in total. The Hall–Kier alpha value is -2.63. The zero-order chi connectivity index (χ0) is 18.7. The molecule has 0 aliphatic heterocycles. The van der Waals surface area contributed by atoms with Gasteiger partial charge in [0.1, 0.15) is 6.04 Å². The molecule has 0 bridgehead atoms. The van der Waals surface area contributed by atoms with Crippen molar-refractivity contribution >= 4 is 46.0 Å². The van der Waals surface area contributed by atoms with Crippen molar-refractivity contribution in [1.29, 1.82) is 0 Å². The largest absolute Gasteiger partial charge is 0.480 e. The van der Waals surface area contributed by atoms with Crippen molar-refractivity contribution < 1.29 is 14.7 Å². The molecule has 0 unspecified atom stereocenters. The number of pyridine rings is 1. The summed E-state index contributed by atoms with van der Waals surface area (Å²) in [4.78, 5) is 28.3. The minimum atomic E-state index is -1.18. The minimum absolute atomic E-state index is 0.0272. The van der Waals surface area contributed by atoms with Gasteiger partial charge in [-0.3, -0.25) is 9.78 Å². The van der Waals surface area contributed by atoms with Crippen LogP contribution in [0, 0.1) is 0 Å². The SMILES string of the molecule is O=C(N[C@H](Cc1c(Cl)cccc1Cl)C(=O)O)c1cnc2ccccc2c1. The van der Waals surface area contributed by atoms with Gasteiger partial charge in [-0.2, -0.15) is 0 Å². The van der Waals surface area contributed by atoms with E-state index in [1.165, 1.54) is 6.20 Å². The van der Waals surface area contributed by atoms with Gasteiger partial charge in [0.2, 0.25) is 0 Å². The summed E-state index contributed by atoms with van der Waals surface area (Å²) in [5, 5.41) is 13.5. The lowest BCUT2D eigenvalue weighted by molar-refractivity contribution is -0.139. The summed E-state index contributed by atoms with van der Waals surface area (Å²) >= 11 is 12.2. The zero-order valence-electron chi connectivity index (χ0n) is 13.4. The Morgan fingerprint density at radius 2 is 1.77 bits per heavy atom. The number of carboxylic acids is 1. The predicted molar refractivity (Wildman–Crippen MR) is 101 cm³/mol. The second-order valence-corrected chi connectivity index (χ2v) is 6.50. The van der Waals surface area contributed by atoms with Crippen LogP contribution in [-0.2, 0) is 11.2 Å². The quantitative estimate of drug-likeness (QED) is 0.692. The first-order valence-corrected chi connectivity index (χ1v) is 8.52. The summed E-state index contributed by atoms with van der Waals surface area (Å²) in [6.07, 6.45) is 1.39. The molecule has 132 valence electrons.